The monoisotopic (exact) mass is 301 g/mol. The van der Waals surface area contributed by atoms with Crippen LogP contribution < -0.4 is 4.31 Å². The van der Waals surface area contributed by atoms with E-state index in [0.717, 1.165) is 5.56 Å². The summed E-state index contributed by atoms with van der Waals surface area (Å²) in [6, 6.07) is 16.1. The number of hydrogen-bond donors (Lipinski definition) is 0. The Morgan fingerprint density at radius 2 is 1.67 bits per heavy atom. The van der Waals surface area contributed by atoms with Crippen molar-refractivity contribution in [2.75, 3.05) is 10.8 Å². The summed E-state index contributed by atoms with van der Waals surface area (Å²) < 4.78 is 27.1. The molecule has 0 saturated carbocycles. The standard InChI is InChI=1S/C17H19NO2S/c1-3-4-14-18(16-8-6-5-7-9-16)21(19,20)17-12-10-15(2)11-13-17/h3,5-13H,1,4,14H2,2H3. The molecule has 0 aliphatic heterocycles. The van der Waals surface area contributed by atoms with Crippen LogP contribution in [-0.2, 0) is 10.0 Å². The highest BCUT2D eigenvalue weighted by molar-refractivity contribution is 7.92. The van der Waals surface area contributed by atoms with Crippen molar-refractivity contribution >= 4 is 15.7 Å². The minimum Gasteiger partial charge on any atom is -0.266 e. The molecule has 0 saturated heterocycles. The molecule has 4 heteroatoms. The van der Waals surface area contributed by atoms with E-state index in [0.29, 0.717) is 23.5 Å². The molecule has 2 aromatic rings. The van der Waals surface area contributed by atoms with Crippen molar-refractivity contribution in [3.63, 3.8) is 0 Å². The van der Waals surface area contributed by atoms with Gasteiger partial charge in [-0.15, -0.1) is 6.58 Å². The van der Waals surface area contributed by atoms with Gasteiger partial charge in [-0.05, 0) is 37.6 Å². The lowest BCUT2D eigenvalue weighted by atomic mass is 10.2. The molecule has 0 atom stereocenters. The number of anilines is 1. The van der Waals surface area contributed by atoms with Crippen molar-refractivity contribution in [1.82, 2.24) is 0 Å². The highest BCUT2D eigenvalue weighted by Crippen LogP contribution is 2.24. The zero-order valence-electron chi connectivity index (χ0n) is 12.1. The number of hydrogen-bond acceptors (Lipinski definition) is 2. The maximum absolute atomic E-state index is 12.8. The number of aryl methyl sites for hydroxylation is 1. The molecule has 0 fully saturated rings. The summed E-state index contributed by atoms with van der Waals surface area (Å²) in [6.45, 7) is 5.98. The Hall–Kier alpha value is -2.07. The number of rotatable bonds is 6. The molecule has 0 heterocycles. The van der Waals surface area contributed by atoms with Gasteiger partial charge in [0.15, 0.2) is 0 Å². The van der Waals surface area contributed by atoms with Crippen LogP contribution in [0.1, 0.15) is 12.0 Å². The first-order chi connectivity index (χ1) is 10.1. The molecule has 0 aliphatic rings. The Labute approximate surface area is 126 Å². The van der Waals surface area contributed by atoms with E-state index in [1.165, 1.54) is 4.31 Å². The maximum atomic E-state index is 12.8. The fourth-order valence-corrected chi connectivity index (χ4v) is 3.51. The summed E-state index contributed by atoms with van der Waals surface area (Å²) in [4.78, 5) is 0.306. The highest BCUT2D eigenvalue weighted by Gasteiger charge is 2.23. The maximum Gasteiger partial charge on any atom is 0.264 e. The second-order valence-corrected chi connectivity index (χ2v) is 6.67. The van der Waals surface area contributed by atoms with Crippen LogP contribution in [0, 0.1) is 6.92 Å². The van der Waals surface area contributed by atoms with Gasteiger partial charge in [-0.1, -0.05) is 42.0 Å². The average molecular weight is 301 g/mol. The van der Waals surface area contributed by atoms with Crippen LogP contribution in [0.2, 0.25) is 0 Å². The van der Waals surface area contributed by atoms with Crippen LogP contribution in [0.3, 0.4) is 0 Å². The van der Waals surface area contributed by atoms with Crippen LogP contribution in [0.15, 0.2) is 72.1 Å². The molecule has 0 unspecified atom stereocenters. The zero-order chi connectivity index (χ0) is 15.3. The van der Waals surface area contributed by atoms with Crippen molar-refractivity contribution in [1.29, 1.82) is 0 Å². The summed E-state index contributed by atoms with van der Waals surface area (Å²) in [5.41, 5.74) is 1.70. The van der Waals surface area contributed by atoms with Gasteiger partial charge in [0.2, 0.25) is 0 Å². The van der Waals surface area contributed by atoms with E-state index in [1.807, 2.05) is 37.3 Å². The van der Waals surface area contributed by atoms with Crippen molar-refractivity contribution < 1.29 is 8.42 Å². The van der Waals surface area contributed by atoms with Crippen LogP contribution >= 0.6 is 0 Å². The molecular weight excluding hydrogens is 282 g/mol. The Kier molecular flexibility index (Phi) is 4.81. The first-order valence-electron chi connectivity index (χ1n) is 6.81. The third kappa shape index (κ3) is 3.52. The SMILES string of the molecule is C=CCCN(c1ccccc1)S(=O)(=O)c1ccc(C)cc1. The molecule has 0 amide bonds. The lowest BCUT2D eigenvalue weighted by Crippen LogP contribution is -2.31. The molecule has 3 nitrogen and oxygen atoms in total. The molecular formula is C17H19NO2S. The lowest BCUT2D eigenvalue weighted by Gasteiger charge is -2.24. The van der Waals surface area contributed by atoms with Gasteiger partial charge in [0, 0.05) is 6.54 Å². The predicted molar refractivity (Wildman–Crippen MR) is 87.0 cm³/mol. The van der Waals surface area contributed by atoms with Crippen molar-refractivity contribution in [2.45, 2.75) is 18.2 Å². The molecule has 0 spiro atoms. The van der Waals surface area contributed by atoms with Gasteiger partial charge in [0.1, 0.15) is 0 Å². The van der Waals surface area contributed by atoms with Gasteiger partial charge >= 0.3 is 0 Å². The molecule has 0 aliphatic carbocycles. The molecule has 0 aromatic heterocycles. The third-order valence-electron chi connectivity index (χ3n) is 3.19. The first kappa shape index (κ1) is 15.3. The zero-order valence-corrected chi connectivity index (χ0v) is 12.9. The third-order valence-corrected chi connectivity index (χ3v) is 5.03. The average Bonchev–Trinajstić information content (AvgIpc) is 2.49. The van der Waals surface area contributed by atoms with Gasteiger partial charge in [0.05, 0.1) is 10.6 Å². The molecule has 2 aromatic carbocycles. The van der Waals surface area contributed by atoms with Crippen molar-refractivity contribution in [3.8, 4) is 0 Å². The molecule has 110 valence electrons. The number of benzene rings is 2. The fraction of sp³-hybridized carbons (Fsp3) is 0.176. The second-order valence-electron chi connectivity index (χ2n) is 4.80. The number of para-hydroxylation sites is 1. The Morgan fingerprint density at radius 1 is 1.05 bits per heavy atom. The Balaban J connectivity index is 2.44. The van der Waals surface area contributed by atoms with Crippen molar-refractivity contribution in [3.05, 3.63) is 72.8 Å². The lowest BCUT2D eigenvalue weighted by molar-refractivity contribution is 0.591. The van der Waals surface area contributed by atoms with E-state index in [1.54, 1.807) is 30.3 Å². The van der Waals surface area contributed by atoms with Gasteiger partial charge in [-0.25, -0.2) is 8.42 Å². The van der Waals surface area contributed by atoms with Gasteiger partial charge < -0.3 is 0 Å². The molecule has 0 N–H and O–H groups in total. The predicted octanol–water partition coefficient (Wildman–Crippen LogP) is 3.77. The van der Waals surface area contributed by atoms with E-state index in [9.17, 15) is 8.42 Å². The van der Waals surface area contributed by atoms with E-state index in [4.69, 9.17) is 0 Å². The highest BCUT2D eigenvalue weighted by atomic mass is 32.2. The van der Waals surface area contributed by atoms with Gasteiger partial charge in [-0.2, -0.15) is 0 Å². The van der Waals surface area contributed by atoms with Crippen LogP contribution in [0.5, 0.6) is 0 Å². The van der Waals surface area contributed by atoms with E-state index >= 15 is 0 Å². The van der Waals surface area contributed by atoms with Crippen LogP contribution in [0.4, 0.5) is 5.69 Å². The second kappa shape index (κ2) is 6.59. The molecule has 21 heavy (non-hydrogen) atoms. The minimum atomic E-state index is -3.56. The largest absolute Gasteiger partial charge is 0.266 e. The van der Waals surface area contributed by atoms with E-state index < -0.39 is 10.0 Å². The van der Waals surface area contributed by atoms with E-state index in [-0.39, 0.29) is 0 Å². The molecule has 0 bridgehead atoms. The quantitative estimate of drug-likeness (QED) is 0.762. The molecule has 2 rings (SSSR count). The van der Waals surface area contributed by atoms with Gasteiger partial charge in [-0.3, -0.25) is 4.31 Å². The Bertz CT molecular complexity index is 691. The van der Waals surface area contributed by atoms with E-state index in [2.05, 4.69) is 6.58 Å². The summed E-state index contributed by atoms with van der Waals surface area (Å²) >= 11 is 0. The van der Waals surface area contributed by atoms with Gasteiger partial charge in [0.25, 0.3) is 10.0 Å². The summed E-state index contributed by atoms with van der Waals surface area (Å²) in [7, 11) is -3.56. The van der Waals surface area contributed by atoms with Crippen LogP contribution in [-0.4, -0.2) is 15.0 Å². The van der Waals surface area contributed by atoms with Crippen molar-refractivity contribution in [2.24, 2.45) is 0 Å². The normalized spacial score (nSPS) is 11.1. The summed E-state index contributed by atoms with van der Waals surface area (Å²) in [6.07, 6.45) is 2.32. The molecule has 0 radical (unpaired) electrons. The summed E-state index contributed by atoms with van der Waals surface area (Å²) in [5, 5.41) is 0. The van der Waals surface area contributed by atoms with Crippen LogP contribution in [0.25, 0.3) is 0 Å². The smallest absolute Gasteiger partial charge is 0.264 e. The number of sulfonamides is 1. The fourth-order valence-electron chi connectivity index (χ4n) is 2.03. The number of nitrogens with zero attached hydrogens (tertiary/aromatic N) is 1. The Morgan fingerprint density at radius 3 is 2.24 bits per heavy atom. The first-order valence-corrected chi connectivity index (χ1v) is 8.25. The summed E-state index contributed by atoms with van der Waals surface area (Å²) in [5.74, 6) is 0. The topological polar surface area (TPSA) is 37.4 Å². The minimum absolute atomic E-state index is 0.306.